The molecule has 0 bridgehead atoms. The second kappa shape index (κ2) is 9.10. The van der Waals surface area contributed by atoms with Crippen LogP contribution in [0.5, 0.6) is 0 Å². The maximum Gasteiger partial charge on any atom is 0.241 e. The van der Waals surface area contributed by atoms with Gasteiger partial charge < -0.3 is 4.90 Å². The Hall–Kier alpha value is -2.73. The summed E-state index contributed by atoms with van der Waals surface area (Å²) >= 11 is 0. The molecule has 1 heterocycles. The van der Waals surface area contributed by atoms with Crippen LogP contribution in [0.3, 0.4) is 0 Å². The van der Waals surface area contributed by atoms with Crippen molar-refractivity contribution in [2.24, 2.45) is 5.10 Å². The largest absolute Gasteiger partial charge is 0.369 e. The monoisotopic (exact) mass is 354 g/mol. The normalized spacial score (nSPS) is 15.3. The summed E-state index contributed by atoms with van der Waals surface area (Å²) in [6, 6.07) is 16.7. The molecule has 5 nitrogen and oxygen atoms in total. The molecule has 26 heavy (non-hydrogen) atoms. The fraction of sp³-hybridized carbons (Fsp3) is 0.300. The summed E-state index contributed by atoms with van der Waals surface area (Å²) in [5.41, 5.74) is 4.05. The Morgan fingerprint density at radius 3 is 2.46 bits per heavy atom. The van der Waals surface area contributed by atoms with Gasteiger partial charge in [0, 0.05) is 50.4 Å². The third-order valence-electron chi connectivity index (χ3n) is 4.45. The molecule has 1 amide bonds. The van der Waals surface area contributed by atoms with Crippen molar-refractivity contribution in [3.05, 3.63) is 66.0 Å². The number of hydrogen-bond acceptors (Lipinski definition) is 4. The molecule has 1 aliphatic heterocycles. The van der Waals surface area contributed by atoms with Crippen molar-refractivity contribution in [3.63, 3.8) is 0 Å². The molecule has 136 valence electrons. The molecule has 2 aromatic rings. The van der Waals surface area contributed by atoms with Crippen molar-refractivity contribution in [2.45, 2.75) is 6.42 Å². The van der Waals surface area contributed by atoms with E-state index in [0.29, 0.717) is 18.5 Å². The number of halogens is 1. The van der Waals surface area contributed by atoms with Crippen LogP contribution in [0.2, 0.25) is 0 Å². The van der Waals surface area contributed by atoms with E-state index in [4.69, 9.17) is 0 Å². The van der Waals surface area contributed by atoms with Gasteiger partial charge >= 0.3 is 0 Å². The molecule has 0 spiro atoms. The Kier molecular flexibility index (Phi) is 6.33. The molecule has 0 atom stereocenters. The Balaban J connectivity index is 1.37. The Morgan fingerprint density at radius 1 is 1.04 bits per heavy atom. The number of hydrazone groups is 1. The second-order valence-electron chi connectivity index (χ2n) is 6.23. The van der Waals surface area contributed by atoms with Crippen molar-refractivity contribution in [3.8, 4) is 0 Å². The maximum atomic E-state index is 13.4. The highest BCUT2D eigenvalue weighted by molar-refractivity contribution is 5.82. The van der Waals surface area contributed by atoms with Crippen LogP contribution >= 0.6 is 0 Å². The van der Waals surface area contributed by atoms with Crippen molar-refractivity contribution < 1.29 is 9.18 Å². The van der Waals surface area contributed by atoms with E-state index >= 15 is 0 Å². The summed E-state index contributed by atoms with van der Waals surface area (Å²) in [5.74, 6) is -0.523. The minimum atomic E-state index is -0.359. The van der Waals surface area contributed by atoms with Crippen LogP contribution in [0.1, 0.15) is 12.0 Å². The third-order valence-corrected chi connectivity index (χ3v) is 4.45. The maximum absolute atomic E-state index is 13.4. The minimum absolute atomic E-state index is 0.164. The molecule has 1 fully saturated rings. The highest BCUT2D eigenvalue weighted by Gasteiger charge is 2.17. The first-order valence-corrected chi connectivity index (χ1v) is 8.81. The SMILES string of the molecule is O=C(CCN1CCN(c2ccccc2)CC1)N/N=C\c1ccccc1F. The number of piperazine rings is 1. The average molecular weight is 354 g/mol. The lowest BCUT2D eigenvalue weighted by atomic mass is 10.2. The number of benzene rings is 2. The van der Waals surface area contributed by atoms with Gasteiger partial charge in [0.2, 0.25) is 5.91 Å². The second-order valence-corrected chi connectivity index (χ2v) is 6.23. The van der Waals surface area contributed by atoms with E-state index in [2.05, 4.69) is 32.5 Å². The molecular weight excluding hydrogens is 331 g/mol. The van der Waals surface area contributed by atoms with E-state index in [-0.39, 0.29) is 11.7 Å². The molecule has 0 radical (unpaired) electrons. The summed E-state index contributed by atoms with van der Waals surface area (Å²) in [6.07, 6.45) is 1.70. The summed E-state index contributed by atoms with van der Waals surface area (Å²) in [4.78, 5) is 16.5. The first-order chi connectivity index (χ1) is 12.7. The van der Waals surface area contributed by atoms with E-state index in [1.54, 1.807) is 18.2 Å². The van der Waals surface area contributed by atoms with Gasteiger partial charge in [-0.1, -0.05) is 36.4 Å². The Bertz CT molecular complexity index is 742. The van der Waals surface area contributed by atoms with Crippen LogP contribution in [-0.4, -0.2) is 49.7 Å². The van der Waals surface area contributed by atoms with Crippen LogP contribution in [0.4, 0.5) is 10.1 Å². The lowest BCUT2D eigenvalue weighted by molar-refractivity contribution is -0.121. The van der Waals surface area contributed by atoms with Crippen LogP contribution in [0.25, 0.3) is 0 Å². The smallest absolute Gasteiger partial charge is 0.241 e. The van der Waals surface area contributed by atoms with E-state index in [1.165, 1.54) is 18.0 Å². The van der Waals surface area contributed by atoms with Gasteiger partial charge in [0.05, 0.1) is 6.21 Å². The zero-order valence-corrected chi connectivity index (χ0v) is 14.6. The first-order valence-electron chi connectivity index (χ1n) is 8.81. The van der Waals surface area contributed by atoms with Crippen molar-refractivity contribution in [2.75, 3.05) is 37.6 Å². The summed E-state index contributed by atoms with van der Waals surface area (Å²) in [5, 5.41) is 3.83. The molecule has 0 saturated carbocycles. The number of nitrogens with zero attached hydrogens (tertiary/aromatic N) is 3. The van der Waals surface area contributed by atoms with E-state index in [9.17, 15) is 9.18 Å². The van der Waals surface area contributed by atoms with Crippen molar-refractivity contribution in [1.82, 2.24) is 10.3 Å². The number of para-hydroxylation sites is 1. The van der Waals surface area contributed by atoms with E-state index in [0.717, 1.165) is 26.2 Å². The predicted molar refractivity (Wildman–Crippen MR) is 102 cm³/mol. The molecule has 0 aromatic heterocycles. The summed E-state index contributed by atoms with van der Waals surface area (Å²) in [6.45, 7) is 4.47. The Labute approximate surface area is 153 Å². The predicted octanol–water partition coefficient (Wildman–Crippen LogP) is 2.49. The quantitative estimate of drug-likeness (QED) is 0.640. The van der Waals surface area contributed by atoms with Gasteiger partial charge in [-0.25, -0.2) is 9.82 Å². The van der Waals surface area contributed by atoms with E-state index in [1.807, 2.05) is 18.2 Å². The molecule has 6 heteroatoms. The van der Waals surface area contributed by atoms with Crippen molar-refractivity contribution >= 4 is 17.8 Å². The van der Waals surface area contributed by atoms with Gasteiger partial charge in [-0.15, -0.1) is 0 Å². The number of hydrogen-bond donors (Lipinski definition) is 1. The van der Waals surface area contributed by atoms with Gasteiger partial charge in [-0.05, 0) is 18.2 Å². The zero-order chi connectivity index (χ0) is 18.2. The number of anilines is 1. The highest BCUT2D eigenvalue weighted by Crippen LogP contribution is 2.15. The number of rotatable bonds is 6. The van der Waals surface area contributed by atoms with Crippen molar-refractivity contribution in [1.29, 1.82) is 0 Å². The molecule has 3 rings (SSSR count). The molecule has 0 unspecified atom stereocenters. The van der Waals surface area contributed by atoms with Gasteiger partial charge in [0.1, 0.15) is 5.82 Å². The number of amides is 1. The van der Waals surface area contributed by atoms with Crippen LogP contribution in [-0.2, 0) is 4.79 Å². The number of carbonyl (C=O) groups excluding carboxylic acids is 1. The average Bonchev–Trinajstić information content (AvgIpc) is 2.69. The number of carbonyl (C=O) groups is 1. The topological polar surface area (TPSA) is 47.9 Å². The third kappa shape index (κ3) is 5.13. The van der Waals surface area contributed by atoms with Gasteiger partial charge in [-0.3, -0.25) is 9.69 Å². The standard InChI is InChI=1S/C20H23FN4O/c21-19-9-5-4-6-17(19)16-22-23-20(26)10-11-24-12-14-25(15-13-24)18-7-2-1-3-8-18/h1-9,16H,10-15H2,(H,23,26)/b22-16-. The molecule has 1 aliphatic rings. The van der Waals surface area contributed by atoms with Crippen LogP contribution in [0, 0.1) is 5.82 Å². The van der Waals surface area contributed by atoms with Gasteiger partial charge in [-0.2, -0.15) is 5.10 Å². The van der Waals surface area contributed by atoms with E-state index < -0.39 is 0 Å². The number of nitrogens with one attached hydrogen (secondary N) is 1. The fourth-order valence-electron chi connectivity index (χ4n) is 2.94. The first kappa shape index (κ1) is 18.1. The molecule has 1 N–H and O–H groups in total. The summed E-state index contributed by atoms with van der Waals surface area (Å²) < 4.78 is 13.4. The lowest BCUT2D eigenvalue weighted by Gasteiger charge is -2.36. The van der Waals surface area contributed by atoms with Crippen LogP contribution in [0.15, 0.2) is 59.7 Å². The molecular formula is C20H23FN4O. The minimum Gasteiger partial charge on any atom is -0.369 e. The molecule has 0 aliphatic carbocycles. The Morgan fingerprint density at radius 2 is 1.73 bits per heavy atom. The molecule has 1 saturated heterocycles. The van der Waals surface area contributed by atoms with Gasteiger partial charge in [0.15, 0.2) is 0 Å². The fourth-order valence-corrected chi connectivity index (χ4v) is 2.94. The molecule has 2 aromatic carbocycles. The summed E-state index contributed by atoms with van der Waals surface area (Å²) in [7, 11) is 0. The highest BCUT2D eigenvalue weighted by atomic mass is 19.1. The van der Waals surface area contributed by atoms with Crippen LogP contribution < -0.4 is 10.3 Å². The lowest BCUT2D eigenvalue weighted by Crippen LogP contribution is -2.47. The zero-order valence-electron chi connectivity index (χ0n) is 14.6. The van der Waals surface area contributed by atoms with Gasteiger partial charge in [0.25, 0.3) is 0 Å².